The van der Waals surface area contributed by atoms with Crippen LogP contribution in [0.2, 0.25) is 0 Å². The molecule has 1 heterocycles. The number of aryl methyl sites for hydroxylation is 1. The Morgan fingerprint density at radius 1 is 1.32 bits per heavy atom. The number of carboxylic acids is 1. The third-order valence-corrected chi connectivity index (χ3v) is 3.87. The molecule has 1 aliphatic carbocycles. The molecule has 1 fully saturated rings. The normalized spacial score (nSPS) is 15.4. The predicted molar refractivity (Wildman–Crippen MR) is 77.9 cm³/mol. The molecule has 2 N–H and O–H groups in total. The maximum Gasteiger partial charge on any atom is 0.329 e. The van der Waals surface area contributed by atoms with Crippen LogP contribution in [-0.2, 0) is 4.79 Å². The molecule has 22 heavy (non-hydrogen) atoms. The monoisotopic (exact) mass is 300 g/mol. The van der Waals surface area contributed by atoms with Gasteiger partial charge in [0.2, 0.25) is 0 Å². The van der Waals surface area contributed by atoms with Gasteiger partial charge in [-0.05, 0) is 44.4 Å². The van der Waals surface area contributed by atoms with E-state index in [0.717, 1.165) is 11.3 Å². The number of carbonyl (C=O) groups excluding carboxylic acids is 1. The Morgan fingerprint density at radius 3 is 2.64 bits per heavy atom. The molecule has 0 saturated heterocycles. The maximum atomic E-state index is 12.2. The highest BCUT2D eigenvalue weighted by molar-refractivity contribution is 5.98. The van der Waals surface area contributed by atoms with E-state index in [1.807, 2.05) is 31.2 Å². The third-order valence-electron chi connectivity index (χ3n) is 3.87. The number of aromatic nitrogens is 3. The quantitative estimate of drug-likeness (QED) is 0.885. The topological polar surface area (TPSA) is 97.1 Å². The highest BCUT2D eigenvalue weighted by atomic mass is 16.4. The van der Waals surface area contributed by atoms with Gasteiger partial charge in [-0.15, -0.1) is 5.10 Å². The summed E-state index contributed by atoms with van der Waals surface area (Å²) in [6, 6.07) is 7.67. The zero-order valence-electron chi connectivity index (χ0n) is 12.3. The van der Waals surface area contributed by atoms with Gasteiger partial charge in [0.05, 0.1) is 11.4 Å². The SMILES string of the molecule is Cc1cccc(-n2nnc(C(=O)NC3(C(=O)O)CC3)c2C)c1. The zero-order chi connectivity index (χ0) is 15.9. The molecule has 0 unspecified atom stereocenters. The van der Waals surface area contributed by atoms with Crippen LogP contribution in [0.15, 0.2) is 24.3 Å². The van der Waals surface area contributed by atoms with Crippen LogP contribution >= 0.6 is 0 Å². The molecule has 0 atom stereocenters. The number of nitrogens with one attached hydrogen (secondary N) is 1. The van der Waals surface area contributed by atoms with Crippen LogP contribution in [0.3, 0.4) is 0 Å². The number of carbonyl (C=O) groups is 2. The molecule has 1 aliphatic rings. The highest BCUT2D eigenvalue weighted by Gasteiger charge is 2.52. The van der Waals surface area contributed by atoms with Gasteiger partial charge >= 0.3 is 5.97 Å². The first-order valence-corrected chi connectivity index (χ1v) is 6.98. The average Bonchev–Trinajstić information content (AvgIpc) is 3.14. The van der Waals surface area contributed by atoms with E-state index in [1.165, 1.54) is 0 Å². The molecule has 1 aromatic heterocycles. The summed E-state index contributed by atoms with van der Waals surface area (Å²) in [7, 11) is 0. The fourth-order valence-electron chi connectivity index (χ4n) is 2.34. The molecule has 1 saturated carbocycles. The summed E-state index contributed by atoms with van der Waals surface area (Å²) >= 11 is 0. The van der Waals surface area contributed by atoms with Crippen molar-refractivity contribution in [1.29, 1.82) is 0 Å². The number of rotatable bonds is 4. The highest BCUT2D eigenvalue weighted by Crippen LogP contribution is 2.35. The Bertz CT molecular complexity index is 762. The summed E-state index contributed by atoms with van der Waals surface area (Å²) in [5, 5.41) is 19.6. The van der Waals surface area contributed by atoms with Crippen molar-refractivity contribution in [2.75, 3.05) is 0 Å². The number of aliphatic carboxylic acids is 1. The molecule has 0 bridgehead atoms. The predicted octanol–water partition coefficient (Wildman–Crippen LogP) is 1.23. The largest absolute Gasteiger partial charge is 0.480 e. The maximum absolute atomic E-state index is 12.2. The molecule has 1 aromatic carbocycles. The molecule has 7 nitrogen and oxygen atoms in total. The molecule has 1 amide bonds. The minimum atomic E-state index is -1.13. The van der Waals surface area contributed by atoms with Gasteiger partial charge in [0.1, 0.15) is 5.54 Å². The van der Waals surface area contributed by atoms with E-state index in [0.29, 0.717) is 18.5 Å². The first-order chi connectivity index (χ1) is 10.4. The molecule has 0 radical (unpaired) electrons. The van der Waals surface area contributed by atoms with Gasteiger partial charge in [-0.3, -0.25) is 4.79 Å². The molecular formula is C15H16N4O3. The Kier molecular flexibility index (Phi) is 3.20. The first kappa shape index (κ1) is 14.2. The summed E-state index contributed by atoms with van der Waals surface area (Å²) in [5.74, 6) is -1.51. The number of benzene rings is 1. The van der Waals surface area contributed by atoms with Gasteiger partial charge in [0.15, 0.2) is 5.69 Å². The number of nitrogens with zero attached hydrogens (tertiary/aromatic N) is 3. The number of carboxylic acid groups (broad SMARTS) is 1. The molecule has 2 aromatic rings. The number of amides is 1. The van der Waals surface area contributed by atoms with Crippen molar-refractivity contribution in [2.24, 2.45) is 0 Å². The number of hydrogen-bond donors (Lipinski definition) is 2. The van der Waals surface area contributed by atoms with Gasteiger partial charge in [-0.1, -0.05) is 17.3 Å². The Hall–Kier alpha value is -2.70. The zero-order valence-corrected chi connectivity index (χ0v) is 12.3. The lowest BCUT2D eigenvalue weighted by Crippen LogP contribution is -2.43. The molecule has 0 spiro atoms. The van der Waals surface area contributed by atoms with Crippen molar-refractivity contribution >= 4 is 11.9 Å². The average molecular weight is 300 g/mol. The van der Waals surface area contributed by atoms with Crippen LogP contribution in [0, 0.1) is 13.8 Å². The van der Waals surface area contributed by atoms with Gasteiger partial charge in [-0.25, -0.2) is 9.48 Å². The van der Waals surface area contributed by atoms with Gasteiger partial charge in [0.25, 0.3) is 5.91 Å². The van der Waals surface area contributed by atoms with Crippen molar-refractivity contribution in [3.8, 4) is 5.69 Å². The second-order valence-corrected chi connectivity index (χ2v) is 5.62. The van der Waals surface area contributed by atoms with Crippen LogP contribution < -0.4 is 5.32 Å². The Morgan fingerprint density at radius 2 is 2.05 bits per heavy atom. The van der Waals surface area contributed by atoms with Crippen molar-refractivity contribution in [3.63, 3.8) is 0 Å². The van der Waals surface area contributed by atoms with Crippen LogP contribution in [-0.4, -0.2) is 37.5 Å². The van der Waals surface area contributed by atoms with Gasteiger partial charge in [-0.2, -0.15) is 0 Å². The van der Waals surface area contributed by atoms with E-state index < -0.39 is 17.4 Å². The smallest absolute Gasteiger partial charge is 0.329 e. The Labute approximate surface area is 126 Å². The molecule has 3 rings (SSSR count). The van der Waals surface area contributed by atoms with Crippen LogP contribution in [0.25, 0.3) is 5.69 Å². The third kappa shape index (κ3) is 2.34. The fourth-order valence-corrected chi connectivity index (χ4v) is 2.34. The van der Waals surface area contributed by atoms with E-state index in [-0.39, 0.29) is 5.69 Å². The van der Waals surface area contributed by atoms with E-state index in [2.05, 4.69) is 15.6 Å². The van der Waals surface area contributed by atoms with Crippen molar-refractivity contribution in [3.05, 3.63) is 41.2 Å². The minimum Gasteiger partial charge on any atom is -0.480 e. The van der Waals surface area contributed by atoms with Gasteiger partial charge < -0.3 is 10.4 Å². The van der Waals surface area contributed by atoms with E-state index >= 15 is 0 Å². The molecular weight excluding hydrogens is 284 g/mol. The first-order valence-electron chi connectivity index (χ1n) is 6.98. The molecule has 7 heteroatoms. The summed E-state index contributed by atoms with van der Waals surface area (Å²) in [6.07, 6.45) is 0.887. The second kappa shape index (κ2) is 4.94. The molecule has 114 valence electrons. The van der Waals surface area contributed by atoms with Gasteiger partial charge in [0, 0.05) is 0 Å². The summed E-state index contributed by atoms with van der Waals surface area (Å²) in [5.41, 5.74) is 1.47. The van der Waals surface area contributed by atoms with Crippen molar-refractivity contribution in [2.45, 2.75) is 32.2 Å². The summed E-state index contributed by atoms with van der Waals surface area (Å²) in [4.78, 5) is 23.4. The van der Waals surface area contributed by atoms with Crippen molar-refractivity contribution < 1.29 is 14.7 Å². The lowest BCUT2D eigenvalue weighted by molar-refractivity contribution is -0.140. The fraction of sp³-hybridized carbons (Fsp3) is 0.333. The van der Waals surface area contributed by atoms with Crippen LogP contribution in [0.4, 0.5) is 0 Å². The number of hydrogen-bond acceptors (Lipinski definition) is 4. The van der Waals surface area contributed by atoms with Crippen molar-refractivity contribution in [1.82, 2.24) is 20.3 Å². The van der Waals surface area contributed by atoms with E-state index in [1.54, 1.807) is 11.6 Å². The summed E-state index contributed by atoms with van der Waals surface area (Å²) < 4.78 is 1.57. The lowest BCUT2D eigenvalue weighted by atomic mass is 10.2. The lowest BCUT2D eigenvalue weighted by Gasteiger charge is -2.11. The van der Waals surface area contributed by atoms with E-state index in [9.17, 15) is 9.59 Å². The second-order valence-electron chi connectivity index (χ2n) is 5.62. The summed E-state index contributed by atoms with van der Waals surface area (Å²) in [6.45, 7) is 3.70. The standard InChI is InChI=1S/C15H16N4O3/c1-9-4-3-5-11(8-9)19-10(2)12(17-18-19)13(20)16-15(6-7-15)14(21)22/h3-5,8H,6-7H2,1-2H3,(H,16,20)(H,21,22). The molecule has 0 aliphatic heterocycles. The van der Waals surface area contributed by atoms with Crippen LogP contribution in [0.5, 0.6) is 0 Å². The van der Waals surface area contributed by atoms with Crippen LogP contribution in [0.1, 0.15) is 34.6 Å². The Balaban J connectivity index is 1.88. The van der Waals surface area contributed by atoms with E-state index in [4.69, 9.17) is 5.11 Å². The minimum absolute atomic E-state index is 0.147.